The molecular formula is C26H31N2O2PS. The van der Waals surface area contributed by atoms with Crippen LogP contribution in [0, 0.1) is 0 Å². The predicted molar refractivity (Wildman–Crippen MR) is 136 cm³/mol. The minimum atomic E-state index is -2.12. The van der Waals surface area contributed by atoms with E-state index in [4.69, 9.17) is 21.3 Å². The standard InChI is InChI=1S/C26H31N2O2PS/c32-31(24-9-5-2-6-10-24,28-15-19-30-20-16-28)25-12-11-23(21-22-7-3-1-4-8-22)26(25)27-13-17-29-18-14-27/h1-10,21H,11-20H2. The number of rotatable bonds is 5. The van der Waals surface area contributed by atoms with Crippen molar-refractivity contribution in [1.29, 1.82) is 0 Å². The Labute approximate surface area is 196 Å². The van der Waals surface area contributed by atoms with E-state index in [9.17, 15) is 0 Å². The number of benzene rings is 2. The summed E-state index contributed by atoms with van der Waals surface area (Å²) in [5.74, 6) is 0. The lowest BCUT2D eigenvalue weighted by Gasteiger charge is -2.41. The highest BCUT2D eigenvalue weighted by molar-refractivity contribution is 8.19. The van der Waals surface area contributed by atoms with Gasteiger partial charge >= 0.3 is 0 Å². The van der Waals surface area contributed by atoms with Gasteiger partial charge in [0.25, 0.3) is 0 Å². The fourth-order valence-electron chi connectivity index (χ4n) is 4.99. The average Bonchev–Trinajstić information content (AvgIpc) is 3.29. The van der Waals surface area contributed by atoms with Crippen LogP contribution in [0.2, 0.25) is 0 Å². The van der Waals surface area contributed by atoms with Crippen molar-refractivity contribution in [3.63, 3.8) is 0 Å². The molecule has 2 fully saturated rings. The maximum absolute atomic E-state index is 6.75. The minimum absolute atomic E-state index is 0.762. The molecule has 1 unspecified atom stereocenters. The topological polar surface area (TPSA) is 24.9 Å². The molecule has 6 heteroatoms. The quantitative estimate of drug-likeness (QED) is 0.606. The normalized spacial score (nSPS) is 23.5. The fourth-order valence-corrected chi connectivity index (χ4v) is 9.65. The van der Waals surface area contributed by atoms with E-state index in [1.54, 1.807) is 0 Å². The van der Waals surface area contributed by atoms with E-state index in [2.05, 4.69) is 76.3 Å². The van der Waals surface area contributed by atoms with Crippen LogP contribution in [0.25, 0.3) is 6.08 Å². The number of allylic oxidation sites excluding steroid dienone is 2. The molecule has 1 aliphatic carbocycles. The van der Waals surface area contributed by atoms with Crippen molar-refractivity contribution in [3.8, 4) is 0 Å². The first-order chi connectivity index (χ1) is 15.8. The molecule has 0 saturated carbocycles. The summed E-state index contributed by atoms with van der Waals surface area (Å²) < 4.78 is 14.0. The molecule has 0 bridgehead atoms. The Morgan fingerprint density at radius 1 is 0.750 bits per heavy atom. The van der Waals surface area contributed by atoms with Gasteiger partial charge in [0.2, 0.25) is 0 Å². The molecule has 3 aliphatic rings. The van der Waals surface area contributed by atoms with Gasteiger partial charge in [-0.3, -0.25) is 4.67 Å². The number of hydrogen-bond donors (Lipinski definition) is 0. The van der Waals surface area contributed by atoms with E-state index >= 15 is 0 Å². The molecule has 2 aromatic rings. The average molecular weight is 467 g/mol. The number of nitrogens with zero attached hydrogens (tertiary/aromatic N) is 2. The molecule has 2 saturated heterocycles. The number of morpholine rings is 2. The van der Waals surface area contributed by atoms with E-state index < -0.39 is 6.19 Å². The summed E-state index contributed by atoms with van der Waals surface area (Å²) in [4.78, 5) is 2.55. The third kappa shape index (κ3) is 4.37. The fraction of sp³-hybridized carbons (Fsp3) is 0.385. The Morgan fingerprint density at radius 3 is 2.00 bits per heavy atom. The van der Waals surface area contributed by atoms with Gasteiger partial charge in [-0.2, -0.15) is 0 Å². The first kappa shape index (κ1) is 22.1. The molecule has 2 aromatic carbocycles. The van der Waals surface area contributed by atoms with Crippen LogP contribution in [0.5, 0.6) is 0 Å². The van der Waals surface area contributed by atoms with Crippen molar-refractivity contribution in [2.75, 3.05) is 52.6 Å². The molecule has 32 heavy (non-hydrogen) atoms. The van der Waals surface area contributed by atoms with Gasteiger partial charge in [0, 0.05) is 42.5 Å². The van der Waals surface area contributed by atoms with Gasteiger partial charge in [-0.05, 0) is 30.1 Å². The van der Waals surface area contributed by atoms with E-state index in [0.29, 0.717) is 0 Å². The van der Waals surface area contributed by atoms with Crippen molar-refractivity contribution in [3.05, 3.63) is 82.8 Å². The van der Waals surface area contributed by atoms with Gasteiger partial charge in [-0.25, -0.2) is 0 Å². The number of hydrogen-bond acceptors (Lipinski definition) is 4. The van der Waals surface area contributed by atoms with Gasteiger partial charge in [0.15, 0.2) is 0 Å². The molecule has 0 aromatic heterocycles. The zero-order chi connectivity index (χ0) is 21.8. The van der Waals surface area contributed by atoms with Crippen LogP contribution in [-0.2, 0) is 21.3 Å². The predicted octanol–water partition coefficient (Wildman–Crippen LogP) is 4.46. The van der Waals surface area contributed by atoms with Crippen molar-refractivity contribution >= 4 is 29.4 Å². The maximum Gasteiger partial charge on any atom is 0.0693 e. The highest BCUT2D eigenvalue weighted by Crippen LogP contribution is 2.62. The Morgan fingerprint density at radius 2 is 1.34 bits per heavy atom. The number of ether oxygens (including phenoxy) is 2. The summed E-state index contributed by atoms with van der Waals surface area (Å²) in [7, 11) is 0. The monoisotopic (exact) mass is 466 g/mol. The van der Waals surface area contributed by atoms with Crippen LogP contribution in [0.1, 0.15) is 18.4 Å². The second-order valence-electron chi connectivity index (χ2n) is 8.45. The lowest BCUT2D eigenvalue weighted by Crippen LogP contribution is -2.39. The summed E-state index contributed by atoms with van der Waals surface area (Å²) >= 11 is 6.75. The molecule has 2 heterocycles. The second-order valence-corrected chi connectivity index (χ2v) is 12.8. The van der Waals surface area contributed by atoms with Gasteiger partial charge in [-0.15, -0.1) is 0 Å². The highest BCUT2D eigenvalue weighted by Gasteiger charge is 2.39. The molecule has 2 aliphatic heterocycles. The molecule has 0 amide bonds. The zero-order valence-corrected chi connectivity index (χ0v) is 20.2. The zero-order valence-electron chi connectivity index (χ0n) is 18.5. The van der Waals surface area contributed by atoms with Crippen LogP contribution in [0.4, 0.5) is 0 Å². The van der Waals surface area contributed by atoms with Crippen molar-refractivity contribution in [1.82, 2.24) is 9.57 Å². The van der Waals surface area contributed by atoms with E-state index in [-0.39, 0.29) is 0 Å². The van der Waals surface area contributed by atoms with Crippen LogP contribution in [0.15, 0.2) is 77.2 Å². The molecule has 0 spiro atoms. The minimum Gasteiger partial charge on any atom is -0.379 e. The van der Waals surface area contributed by atoms with Gasteiger partial charge in [-0.1, -0.05) is 72.5 Å². The highest BCUT2D eigenvalue weighted by atomic mass is 32.4. The summed E-state index contributed by atoms with van der Waals surface area (Å²) in [6, 6.07) is 21.6. The largest absolute Gasteiger partial charge is 0.379 e. The summed E-state index contributed by atoms with van der Waals surface area (Å²) in [5, 5.41) is 2.78. The van der Waals surface area contributed by atoms with Crippen LogP contribution >= 0.6 is 6.19 Å². The van der Waals surface area contributed by atoms with Crippen LogP contribution in [-0.4, -0.2) is 62.2 Å². The van der Waals surface area contributed by atoms with E-state index in [1.165, 1.54) is 27.5 Å². The molecule has 5 rings (SSSR count). The van der Waals surface area contributed by atoms with E-state index in [1.807, 2.05) is 0 Å². The van der Waals surface area contributed by atoms with Crippen LogP contribution < -0.4 is 5.30 Å². The third-order valence-corrected chi connectivity index (χ3v) is 11.9. The first-order valence-corrected chi connectivity index (χ1v) is 14.3. The molecule has 4 nitrogen and oxygen atoms in total. The third-order valence-electron chi connectivity index (χ3n) is 6.53. The maximum atomic E-state index is 6.75. The SMILES string of the molecule is S=P(C1=C(N2CCOCC2)C(=Cc2ccccc2)CC1)(c1ccccc1)N1CCOCC1. The smallest absolute Gasteiger partial charge is 0.0693 e. The van der Waals surface area contributed by atoms with Gasteiger partial charge < -0.3 is 14.4 Å². The Kier molecular flexibility index (Phi) is 6.91. The molecule has 1 atom stereocenters. The Balaban J connectivity index is 1.67. The summed E-state index contributed by atoms with van der Waals surface area (Å²) in [5.41, 5.74) is 4.08. The lowest BCUT2D eigenvalue weighted by molar-refractivity contribution is 0.0548. The van der Waals surface area contributed by atoms with Gasteiger partial charge in [0.05, 0.1) is 32.6 Å². The summed E-state index contributed by atoms with van der Waals surface area (Å²) in [6.45, 7) is 6.75. The Hall–Kier alpha value is -1.75. The van der Waals surface area contributed by atoms with Crippen molar-refractivity contribution in [2.45, 2.75) is 12.8 Å². The van der Waals surface area contributed by atoms with Crippen molar-refractivity contribution < 1.29 is 9.47 Å². The van der Waals surface area contributed by atoms with Gasteiger partial charge in [0.1, 0.15) is 0 Å². The molecule has 168 valence electrons. The first-order valence-electron chi connectivity index (χ1n) is 11.6. The molecule has 0 N–H and O–H groups in total. The Bertz CT molecular complexity index is 1030. The lowest BCUT2D eigenvalue weighted by atomic mass is 10.1. The van der Waals surface area contributed by atoms with E-state index in [0.717, 1.165) is 65.4 Å². The second kappa shape index (κ2) is 10.0. The van der Waals surface area contributed by atoms with Crippen LogP contribution in [0.3, 0.4) is 0 Å². The van der Waals surface area contributed by atoms with Crippen molar-refractivity contribution in [2.24, 2.45) is 0 Å². The summed E-state index contributed by atoms with van der Waals surface area (Å²) in [6.07, 6.45) is 2.34. The molecular weight excluding hydrogens is 435 g/mol. The molecule has 0 radical (unpaired) electrons.